The molecule has 4 aromatic rings. The van der Waals surface area contributed by atoms with Gasteiger partial charge in [-0.05, 0) is 38.5 Å². The summed E-state index contributed by atoms with van der Waals surface area (Å²) in [5.74, 6) is -0.101. The molecule has 4 heterocycles. The van der Waals surface area contributed by atoms with Crippen molar-refractivity contribution in [2.75, 3.05) is 45.1 Å². The lowest BCUT2D eigenvalue weighted by Crippen LogP contribution is -2.55. The molecule has 0 bridgehead atoms. The van der Waals surface area contributed by atoms with Gasteiger partial charge in [-0.15, -0.1) is 0 Å². The Balaban J connectivity index is 1.35. The number of aliphatic hydroxyl groups excluding tert-OH is 10. The number of anilines is 1. The molecule has 0 spiro atoms. The average molecular weight is 805 g/mol. The van der Waals surface area contributed by atoms with Crippen LogP contribution in [0.4, 0.5) is 5.82 Å². The molecule has 0 aliphatic carbocycles. The van der Waals surface area contributed by atoms with Gasteiger partial charge in [0.1, 0.15) is 48.7 Å². The zero-order chi connectivity index (χ0) is 41.7. The van der Waals surface area contributed by atoms with Gasteiger partial charge >= 0.3 is 0 Å². The van der Waals surface area contributed by atoms with Crippen LogP contribution in [0.25, 0.3) is 22.2 Å². The first-order chi connectivity index (χ1) is 27.1. The molecule has 1 aliphatic heterocycles. The normalized spacial score (nSPS) is 19.1. The summed E-state index contributed by atoms with van der Waals surface area (Å²) in [5.41, 5.74) is 8.89. The molecule has 1 aliphatic rings. The number of carbonyl (C=O) groups excluding carboxylic acids is 2. The van der Waals surface area contributed by atoms with E-state index in [-0.39, 0.29) is 37.1 Å². The van der Waals surface area contributed by atoms with E-state index in [0.717, 1.165) is 16.9 Å². The first-order valence-electron chi connectivity index (χ1n) is 18.8. The van der Waals surface area contributed by atoms with E-state index >= 15 is 0 Å². The molecule has 9 atom stereocenters. The third-order valence-electron chi connectivity index (χ3n) is 10.6. The Labute approximate surface area is 326 Å². The molecule has 5 rings (SSSR count). The van der Waals surface area contributed by atoms with Crippen LogP contribution < -0.4 is 15.6 Å². The number of nitrogen functional groups attached to an aromatic ring is 1. The fourth-order valence-corrected chi connectivity index (χ4v) is 7.32. The van der Waals surface area contributed by atoms with Crippen LogP contribution in [-0.2, 0) is 19.6 Å². The number of hydrogen-bond acceptors (Lipinski definition) is 16. The van der Waals surface area contributed by atoms with Gasteiger partial charge in [-0.25, -0.2) is 19.1 Å². The fourth-order valence-electron chi connectivity index (χ4n) is 7.32. The number of nitrogens with zero attached hydrogens (tertiary/aromatic N) is 6. The highest BCUT2D eigenvalue weighted by Crippen LogP contribution is 2.24. The maximum absolute atomic E-state index is 14.0. The number of nitrogens with one attached hydrogen (secondary N) is 2. The maximum atomic E-state index is 14.0. The first-order valence-corrected chi connectivity index (χ1v) is 18.8. The van der Waals surface area contributed by atoms with Crippen molar-refractivity contribution in [3.8, 4) is 0 Å². The maximum Gasteiger partial charge on any atom is 0.277 e. The minimum absolute atomic E-state index is 0.00720. The van der Waals surface area contributed by atoms with Gasteiger partial charge in [-0.2, -0.15) is 0 Å². The lowest BCUT2D eigenvalue weighted by molar-refractivity contribution is -0.676. The third kappa shape index (κ3) is 9.34. The van der Waals surface area contributed by atoms with E-state index in [0.29, 0.717) is 36.2 Å². The summed E-state index contributed by atoms with van der Waals surface area (Å²) in [6.07, 6.45) is -12.8. The van der Waals surface area contributed by atoms with Crippen LogP contribution in [0.5, 0.6) is 0 Å². The molecule has 57 heavy (non-hydrogen) atoms. The van der Waals surface area contributed by atoms with Crippen LogP contribution in [0, 0.1) is 0 Å². The van der Waals surface area contributed by atoms with Crippen LogP contribution in [0.15, 0.2) is 30.5 Å². The van der Waals surface area contributed by atoms with Crippen molar-refractivity contribution >= 4 is 39.8 Å². The number of nitrogens with two attached hydrogens (primary N) is 1. The molecule has 14 N–H and O–H groups in total. The van der Waals surface area contributed by atoms with E-state index in [2.05, 4.69) is 20.3 Å². The van der Waals surface area contributed by atoms with Crippen molar-refractivity contribution < 1.29 is 65.2 Å². The summed E-state index contributed by atoms with van der Waals surface area (Å²) >= 11 is 0. The number of aliphatic hydroxyl groups is 10. The van der Waals surface area contributed by atoms with Gasteiger partial charge in [0, 0.05) is 50.0 Å². The summed E-state index contributed by atoms with van der Waals surface area (Å²) in [4.78, 5) is 41.7. The van der Waals surface area contributed by atoms with Gasteiger partial charge in [-0.1, -0.05) is 0 Å². The molecule has 2 amide bonds. The van der Waals surface area contributed by atoms with Gasteiger partial charge < -0.3 is 72.0 Å². The lowest BCUT2D eigenvalue weighted by atomic mass is 10.00. The molecule has 0 radical (unpaired) electrons. The van der Waals surface area contributed by atoms with Crippen molar-refractivity contribution in [2.45, 2.75) is 94.8 Å². The minimum Gasteiger partial charge on any atom is -0.394 e. The molecule has 1 saturated heterocycles. The molecule has 21 heteroatoms. The van der Waals surface area contributed by atoms with Crippen molar-refractivity contribution in [3.05, 3.63) is 47.5 Å². The number of aromatic amines is 1. The molecule has 1 aromatic carbocycles. The summed E-state index contributed by atoms with van der Waals surface area (Å²) in [5, 5.41) is 104. The monoisotopic (exact) mass is 804 g/mol. The number of carbonyl (C=O) groups is 2. The molecular weight excluding hydrogens is 750 g/mol. The molecule has 1 fully saturated rings. The van der Waals surface area contributed by atoms with Crippen molar-refractivity contribution in [1.29, 1.82) is 0 Å². The fraction of sp³-hybridized carbons (Fsp3) is 0.583. The van der Waals surface area contributed by atoms with E-state index in [1.165, 1.54) is 4.90 Å². The smallest absolute Gasteiger partial charge is 0.277 e. The lowest BCUT2D eigenvalue weighted by Gasteiger charge is -2.36. The summed E-state index contributed by atoms with van der Waals surface area (Å²) in [6, 6.07) is 6.36. The van der Waals surface area contributed by atoms with Crippen molar-refractivity contribution in [2.24, 2.45) is 0 Å². The van der Waals surface area contributed by atoms with E-state index in [1.807, 2.05) is 29.0 Å². The highest BCUT2D eigenvalue weighted by molar-refractivity contribution is 5.98. The molecule has 21 nitrogen and oxygen atoms in total. The molecule has 314 valence electrons. The Morgan fingerprint density at radius 2 is 1.54 bits per heavy atom. The SMILES string of the molecule is CCn1c(CNC(=O)c2nc3cc[nH]c3nc2N)[n+](CC)c2ccc(C(=O)N3CC[C@H](N(C[C@H](O)[C@@H](O)[C@H](O)[C@H](O)CO)C[C@H](O)[C@@H](O)[C@H](O)[C@H](O)CO)C3)cc21. The molecule has 0 saturated carbocycles. The van der Waals surface area contributed by atoms with Gasteiger partial charge in [0.15, 0.2) is 28.2 Å². The number of aryl methyl sites for hydroxylation is 2. The minimum atomic E-state index is -1.94. The Morgan fingerprint density at radius 1 is 0.930 bits per heavy atom. The predicted octanol–water partition coefficient (Wildman–Crippen LogP) is -4.86. The van der Waals surface area contributed by atoms with Crippen LogP contribution in [0.2, 0.25) is 0 Å². The highest BCUT2D eigenvalue weighted by Gasteiger charge is 2.39. The summed E-state index contributed by atoms with van der Waals surface area (Å²) in [6.45, 7) is 2.67. The summed E-state index contributed by atoms with van der Waals surface area (Å²) < 4.78 is 4.01. The zero-order valence-corrected chi connectivity index (χ0v) is 31.7. The Kier molecular flexibility index (Phi) is 14.5. The van der Waals surface area contributed by atoms with Crippen molar-refractivity contribution in [3.63, 3.8) is 0 Å². The van der Waals surface area contributed by atoms with Gasteiger partial charge in [-0.3, -0.25) is 14.5 Å². The zero-order valence-electron chi connectivity index (χ0n) is 31.7. The van der Waals surface area contributed by atoms with Gasteiger partial charge in [0.25, 0.3) is 17.6 Å². The standard InChI is InChI=1S/C36H53N9O12/c1-3-44-21-6-5-18(11-22(21)45(4-2)27(44)12-39-35(56)28-33(37)41-34-20(40-28)7-9-38-34)36(57)42-10-8-19(13-42)43(14-23(48)29(52)31(54)25(50)16-46)15-24(49)30(53)32(55)26(51)17-47/h5-7,9,11,19,23-26,29-32,46-55H,3-4,8,10,12-17H2,1-2H3,(H3-,37,38,39,40,41,56)/p+1/t19-,23-,24-,25+,26+,29+,30+,31+,32+/m0/s1. The number of fused-ring (bicyclic) bond motifs is 2. The largest absolute Gasteiger partial charge is 0.394 e. The average Bonchev–Trinajstić information content (AvgIpc) is 3.97. The Bertz CT molecular complexity index is 1960. The van der Waals surface area contributed by atoms with Crippen LogP contribution in [0.1, 0.15) is 46.9 Å². The number of hydrogen-bond donors (Lipinski definition) is 13. The van der Waals surface area contributed by atoms with Crippen molar-refractivity contribution in [1.82, 2.24) is 34.6 Å². The number of benzene rings is 1. The van der Waals surface area contributed by atoms with Gasteiger partial charge in [0.05, 0.1) is 38.5 Å². The van der Waals surface area contributed by atoms with E-state index in [4.69, 9.17) is 5.73 Å². The topological polar surface area (TPSA) is 331 Å². The van der Waals surface area contributed by atoms with E-state index in [1.54, 1.807) is 29.3 Å². The second-order valence-corrected chi connectivity index (χ2v) is 14.2. The molecule has 3 aromatic heterocycles. The van der Waals surface area contributed by atoms with Crippen LogP contribution in [-0.4, -0.2) is 186 Å². The number of H-pyrrole nitrogens is 1. The van der Waals surface area contributed by atoms with Gasteiger partial charge in [0.2, 0.25) is 0 Å². The number of amides is 2. The van der Waals surface area contributed by atoms with Crippen LogP contribution >= 0.6 is 0 Å². The number of rotatable bonds is 19. The second kappa shape index (κ2) is 18.9. The summed E-state index contributed by atoms with van der Waals surface area (Å²) in [7, 11) is 0. The van der Waals surface area contributed by atoms with E-state index < -0.39 is 87.1 Å². The Hall–Kier alpha value is -4.39. The number of imidazole rings is 1. The second-order valence-electron chi connectivity index (χ2n) is 14.2. The number of aromatic nitrogens is 5. The highest BCUT2D eigenvalue weighted by atomic mass is 16.4. The van der Waals surface area contributed by atoms with E-state index in [9.17, 15) is 60.7 Å². The first kappa shape index (κ1) is 43.7. The molecule has 0 unspecified atom stereocenters. The third-order valence-corrected chi connectivity index (χ3v) is 10.6. The van der Waals surface area contributed by atoms with Crippen LogP contribution in [0.3, 0.4) is 0 Å². The Morgan fingerprint density at radius 3 is 2.12 bits per heavy atom. The quantitative estimate of drug-likeness (QED) is 0.0395. The molecular formula is C36H54N9O12+. The predicted molar refractivity (Wildman–Crippen MR) is 201 cm³/mol. The number of likely N-dealkylation sites (tertiary alicyclic amines) is 1.